The minimum atomic E-state index is -0.543. The predicted octanol–water partition coefficient (Wildman–Crippen LogP) is 2.56. The summed E-state index contributed by atoms with van der Waals surface area (Å²) in [5, 5.41) is 2.69. The molecule has 22 heavy (non-hydrogen) atoms. The van der Waals surface area contributed by atoms with Gasteiger partial charge in [0.1, 0.15) is 0 Å². The van der Waals surface area contributed by atoms with Gasteiger partial charge >= 0.3 is 5.97 Å². The third-order valence-corrected chi connectivity index (χ3v) is 2.89. The number of esters is 1. The van der Waals surface area contributed by atoms with Gasteiger partial charge in [0.15, 0.2) is 6.61 Å². The van der Waals surface area contributed by atoms with Crippen molar-refractivity contribution in [1.29, 1.82) is 0 Å². The molecule has 0 aromatic heterocycles. The van der Waals surface area contributed by atoms with Crippen LogP contribution in [0.25, 0.3) is 6.08 Å². The molecule has 4 nitrogen and oxygen atoms in total. The van der Waals surface area contributed by atoms with Crippen LogP contribution in [0.4, 0.5) is 0 Å². The second kappa shape index (κ2) is 8.42. The molecular weight excluding hydrogens is 278 g/mol. The molecule has 0 bridgehead atoms. The Balaban J connectivity index is 1.69. The highest BCUT2D eigenvalue weighted by atomic mass is 16.5. The summed E-state index contributed by atoms with van der Waals surface area (Å²) in [6.45, 7) is 0.127. The molecule has 0 aliphatic carbocycles. The van der Waals surface area contributed by atoms with Crippen molar-refractivity contribution in [2.24, 2.45) is 0 Å². The van der Waals surface area contributed by atoms with Crippen molar-refractivity contribution in [2.75, 3.05) is 6.61 Å². The van der Waals surface area contributed by atoms with E-state index >= 15 is 0 Å². The first-order valence-corrected chi connectivity index (χ1v) is 6.94. The average molecular weight is 295 g/mol. The van der Waals surface area contributed by atoms with E-state index in [4.69, 9.17) is 4.74 Å². The molecule has 2 aromatic rings. The molecule has 1 N–H and O–H groups in total. The summed E-state index contributed by atoms with van der Waals surface area (Å²) in [5.74, 6) is -0.871. The second-order valence-electron chi connectivity index (χ2n) is 4.61. The van der Waals surface area contributed by atoms with Crippen LogP contribution in [-0.2, 0) is 20.9 Å². The smallest absolute Gasteiger partial charge is 0.331 e. The number of amides is 1. The van der Waals surface area contributed by atoms with Gasteiger partial charge in [-0.3, -0.25) is 4.79 Å². The molecule has 4 heteroatoms. The van der Waals surface area contributed by atoms with E-state index in [1.165, 1.54) is 6.08 Å². The Bertz CT molecular complexity index is 636. The van der Waals surface area contributed by atoms with Crippen LogP contribution < -0.4 is 5.32 Å². The number of hydrogen-bond donors (Lipinski definition) is 1. The summed E-state index contributed by atoms with van der Waals surface area (Å²) in [6, 6.07) is 18.9. The lowest BCUT2D eigenvalue weighted by atomic mass is 10.2. The van der Waals surface area contributed by atoms with E-state index in [0.29, 0.717) is 6.54 Å². The molecule has 112 valence electrons. The van der Waals surface area contributed by atoms with Gasteiger partial charge in [-0.15, -0.1) is 0 Å². The Morgan fingerprint density at radius 3 is 2.27 bits per heavy atom. The average Bonchev–Trinajstić information content (AvgIpc) is 2.58. The maximum Gasteiger partial charge on any atom is 0.331 e. The van der Waals surface area contributed by atoms with E-state index in [2.05, 4.69) is 5.32 Å². The molecule has 0 atom stereocenters. The molecule has 0 unspecified atom stereocenters. The highest BCUT2D eigenvalue weighted by Crippen LogP contribution is 2.01. The Kier molecular flexibility index (Phi) is 5.93. The van der Waals surface area contributed by atoms with Crippen molar-refractivity contribution < 1.29 is 14.3 Å². The van der Waals surface area contributed by atoms with E-state index in [9.17, 15) is 9.59 Å². The summed E-state index contributed by atoms with van der Waals surface area (Å²) >= 11 is 0. The Morgan fingerprint density at radius 1 is 0.955 bits per heavy atom. The normalized spacial score (nSPS) is 10.4. The van der Waals surface area contributed by atoms with Gasteiger partial charge in [0.25, 0.3) is 5.91 Å². The first-order valence-electron chi connectivity index (χ1n) is 6.94. The zero-order chi connectivity index (χ0) is 15.6. The number of rotatable bonds is 6. The lowest BCUT2D eigenvalue weighted by Crippen LogP contribution is -2.28. The van der Waals surface area contributed by atoms with Crippen LogP contribution in [0.5, 0.6) is 0 Å². The molecule has 0 spiro atoms. The quantitative estimate of drug-likeness (QED) is 0.658. The molecule has 0 radical (unpaired) electrons. The monoisotopic (exact) mass is 295 g/mol. The van der Waals surface area contributed by atoms with Crippen molar-refractivity contribution in [2.45, 2.75) is 6.54 Å². The van der Waals surface area contributed by atoms with Gasteiger partial charge in [0.05, 0.1) is 0 Å². The highest BCUT2D eigenvalue weighted by molar-refractivity contribution is 5.89. The first-order chi connectivity index (χ1) is 10.7. The largest absolute Gasteiger partial charge is 0.452 e. The number of benzene rings is 2. The number of carbonyl (C=O) groups is 2. The fraction of sp³-hybridized carbons (Fsp3) is 0.111. The molecule has 2 aromatic carbocycles. The van der Waals surface area contributed by atoms with Gasteiger partial charge in [-0.05, 0) is 17.2 Å². The van der Waals surface area contributed by atoms with Gasteiger partial charge in [0.2, 0.25) is 0 Å². The fourth-order valence-corrected chi connectivity index (χ4v) is 1.76. The van der Waals surface area contributed by atoms with Gasteiger partial charge in [-0.2, -0.15) is 0 Å². The van der Waals surface area contributed by atoms with Gasteiger partial charge in [-0.25, -0.2) is 4.79 Å². The molecule has 1 amide bonds. The minimum absolute atomic E-state index is 0.287. The van der Waals surface area contributed by atoms with Crippen LogP contribution in [0.15, 0.2) is 66.7 Å². The summed E-state index contributed by atoms with van der Waals surface area (Å²) in [7, 11) is 0. The van der Waals surface area contributed by atoms with E-state index in [0.717, 1.165) is 11.1 Å². The minimum Gasteiger partial charge on any atom is -0.452 e. The lowest BCUT2D eigenvalue weighted by Gasteiger charge is -2.05. The van der Waals surface area contributed by atoms with Crippen molar-refractivity contribution >= 4 is 18.0 Å². The van der Waals surface area contributed by atoms with Crippen molar-refractivity contribution in [3.05, 3.63) is 77.9 Å². The van der Waals surface area contributed by atoms with Crippen LogP contribution in [0.2, 0.25) is 0 Å². The number of nitrogens with one attached hydrogen (secondary N) is 1. The van der Waals surface area contributed by atoms with Crippen LogP contribution in [0.1, 0.15) is 11.1 Å². The van der Waals surface area contributed by atoms with Crippen LogP contribution >= 0.6 is 0 Å². The molecule has 0 aliphatic heterocycles. The molecular formula is C18H17NO3. The van der Waals surface area contributed by atoms with E-state index in [1.807, 2.05) is 60.7 Å². The molecule has 2 rings (SSSR count). The van der Waals surface area contributed by atoms with Gasteiger partial charge < -0.3 is 10.1 Å². The maximum atomic E-state index is 11.6. The number of carbonyl (C=O) groups excluding carboxylic acids is 2. The number of ether oxygens (including phenoxy) is 1. The third-order valence-electron chi connectivity index (χ3n) is 2.89. The SMILES string of the molecule is O=C(COC(=O)/C=C/c1ccccc1)NCc1ccccc1. The Hall–Kier alpha value is -2.88. The molecule has 0 fully saturated rings. The Morgan fingerprint density at radius 2 is 1.59 bits per heavy atom. The topological polar surface area (TPSA) is 55.4 Å². The van der Waals surface area contributed by atoms with Crippen LogP contribution in [0, 0.1) is 0 Å². The van der Waals surface area contributed by atoms with E-state index < -0.39 is 5.97 Å². The highest BCUT2D eigenvalue weighted by Gasteiger charge is 2.04. The summed E-state index contributed by atoms with van der Waals surface area (Å²) in [5.41, 5.74) is 1.89. The van der Waals surface area contributed by atoms with Crippen LogP contribution in [-0.4, -0.2) is 18.5 Å². The van der Waals surface area contributed by atoms with Crippen molar-refractivity contribution in [1.82, 2.24) is 5.32 Å². The van der Waals surface area contributed by atoms with Gasteiger partial charge in [-0.1, -0.05) is 60.7 Å². The first kappa shape index (κ1) is 15.5. The summed E-state index contributed by atoms with van der Waals surface area (Å²) in [6.07, 6.45) is 2.95. The molecule has 0 aliphatic rings. The molecule has 0 saturated carbocycles. The zero-order valence-electron chi connectivity index (χ0n) is 12.1. The second-order valence-corrected chi connectivity index (χ2v) is 4.61. The standard InChI is InChI=1S/C18H17NO3/c20-17(19-13-16-9-5-2-6-10-16)14-22-18(21)12-11-15-7-3-1-4-8-15/h1-12H,13-14H2,(H,19,20)/b12-11+. The van der Waals surface area contributed by atoms with Gasteiger partial charge in [0, 0.05) is 12.6 Å². The zero-order valence-corrected chi connectivity index (χ0v) is 12.1. The third kappa shape index (κ3) is 5.63. The van der Waals surface area contributed by atoms with Crippen LogP contribution in [0.3, 0.4) is 0 Å². The summed E-state index contributed by atoms with van der Waals surface area (Å²) in [4.78, 5) is 23.1. The molecule has 0 saturated heterocycles. The Labute approximate surface area is 129 Å². The fourth-order valence-electron chi connectivity index (χ4n) is 1.76. The predicted molar refractivity (Wildman–Crippen MR) is 84.7 cm³/mol. The van der Waals surface area contributed by atoms with E-state index in [1.54, 1.807) is 6.08 Å². The maximum absolute atomic E-state index is 11.6. The summed E-state index contributed by atoms with van der Waals surface area (Å²) < 4.78 is 4.88. The van der Waals surface area contributed by atoms with E-state index in [-0.39, 0.29) is 12.5 Å². The lowest BCUT2D eigenvalue weighted by molar-refractivity contribution is -0.143. The van der Waals surface area contributed by atoms with Crippen molar-refractivity contribution in [3.63, 3.8) is 0 Å². The number of hydrogen-bond acceptors (Lipinski definition) is 3. The molecule has 0 heterocycles. The van der Waals surface area contributed by atoms with Crippen molar-refractivity contribution in [3.8, 4) is 0 Å².